The lowest BCUT2D eigenvalue weighted by molar-refractivity contribution is -0.123. The molecule has 0 saturated heterocycles. The molecule has 0 heterocycles. The molecule has 116 valence electrons. The Morgan fingerprint density at radius 2 is 1.86 bits per heavy atom. The van der Waals surface area contributed by atoms with Crippen molar-refractivity contribution in [2.45, 2.75) is 13.0 Å². The number of hydrogen-bond acceptors (Lipinski definition) is 3. The van der Waals surface area contributed by atoms with Crippen molar-refractivity contribution < 1.29 is 18.7 Å². The molecule has 0 aliphatic carbocycles. The SMILES string of the molecule is COc1ccc(C(C)NC(=O)COc2ccccc2F)cc1. The number of benzene rings is 2. The predicted octanol–water partition coefficient (Wildman–Crippen LogP) is 3.09. The predicted molar refractivity (Wildman–Crippen MR) is 81.4 cm³/mol. The molecule has 1 N–H and O–H groups in total. The Morgan fingerprint density at radius 3 is 2.50 bits per heavy atom. The minimum Gasteiger partial charge on any atom is -0.497 e. The maximum Gasteiger partial charge on any atom is 0.258 e. The Bertz CT molecular complexity index is 628. The van der Waals surface area contributed by atoms with Crippen LogP contribution in [0.5, 0.6) is 11.5 Å². The highest BCUT2D eigenvalue weighted by molar-refractivity contribution is 5.78. The number of carbonyl (C=O) groups excluding carboxylic acids is 1. The molecule has 0 spiro atoms. The normalized spacial score (nSPS) is 11.6. The van der Waals surface area contributed by atoms with Crippen molar-refractivity contribution in [1.29, 1.82) is 0 Å². The Labute approximate surface area is 128 Å². The second-order valence-corrected chi connectivity index (χ2v) is 4.78. The van der Waals surface area contributed by atoms with Crippen LogP contribution in [0, 0.1) is 5.82 Å². The number of halogens is 1. The van der Waals surface area contributed by atoms with Crippen molar-refractivity contribution in [1.82, 2.24) is 5.32 Å². The van der Waals surface area contributed by atoms with Gasteiger partial charge >= 0.3 is 0 Å². The topological polar surface area (TPSA) is 47.6 Å². The van der Waals surface area contributed by atoms with Gasteiger partial charge in [-0.2, -0.15) is 0 Å². The quantitative estimate of drug-likeness (QED) is 0.892. The van der Waals surface area contributed by atoms with E-state index in [1.807, 2.05) is 31.2 Å². The fourth-order valence-electron chi connectivity index (χ4n) is 1.96. The second-order valence-electron chi connectivity index (χ2n) is 4.78. The Balaban J connectivity index is 1.87. The van der Waals surface area contributed by atoms with E-state index >= 15 is 0 Å². The number of amides is 1. The molecule has 0 aliphatic rings. The molecule has 0 fully saturated rings. The van der Waals surface area contributed by atoms with E-state index in [1.165, 1.54) is 12.1 Å². The highest BCUT2D eigenvalue weighted by Gasteiger charge is 2.11. The van der Waals surface area contributed by atoms with Gasteiger partial charge in [0.05, 0.1) is 13.2 Å². The zero-order valence-electron chi connectivity index (χ0n) is 12.5. The molecular formula is C17H18FNO3. The van der Waals surface area contributed by atoms with Crippen molar-refractivity contribution >= 4 is 5.91 Å². The van der Waals surface area contributed by atoms with Crippen LogP contribution in [0.1, 0.15) is 18.5 Å². The summed E-state index contributed by atoms with van der Waals surface area (Å²) in [7, 11) is 1.60. The molecule has 0 radical (unpaired) electrons. The first kappa shape index (κ1) is 15.8. The Kier molecular flexibility index (Phi) is 5.36. The smallest absolute Gasteiger partial charge is 0.258 e. The molecule has 2 aromatic rings. The van der Waals surface area contributed by atoms with Gasteiger partial charge in [0.25, 0.3) is 5.91 Å². The minimum absolute atomic E-state index is 0.0646. The summed E-state index contributed by atoms with van der Waals surface area (Å²) in [5.74, 6) is 0.0185. The Morgan fingerprint density at radius 1 is 1.18 bits per heavy atom. The molecule has 0 bridgehead atoms. The molecular weight excluding hydrogens is 285 g/mol. The van der Waals surface area contributed by atoms with Gasteiger partial charge in [0.1, 0.15) is 5.75 Å². The first-order chi connectivity index (χ1) is 10.6. The van der Waals surface area contributed by atoms with E-state index in [0.29, 0.717) is 0 Å². The van der Waals surface area contributed by atoms with Gasteiger partial charge in [0, 0.05) is 0 Å². The first-order valence-electron chi connectivity index (χ1n) is 6.91. The van der Waals surface area contributed by atoms with Gasteiger partial charge < -0.3 is 14.8 Å². The standard InChI is InChI=1S/C17H18FNO3/c1-12(13-7-9-14(21-2)10-8-13)19-17(20)11-22-16-6-4-3-5-15(16)18/h3-10,12H,11H2,1-2H3,(H,19,20). The van der Waals surface area contributed by atoms with E-state index in [-0.39, 0.29) is 24.3 Å². The van der Waals surface area contributed by atoms with Crippen molar-refractivity contribution in [3.8, 4) is 11.5 Å². The van der Waals surface area contributed by atoms with Crippen LogP contribution in [0.4, 0.5) is 4.39 Å². The van der Waals surface area contributed by atoms with Gasteiger partial charge in [0.15, 0.2) is 18.2 Å². The minimum atomic E-state index is -0.487. The molecule has 1 atom stereocenters. The van der Waals surface area contributed by atoms with Crippen molar-refractivity contribution in [3.63, 3.8) is 0 Å². The number of rotatable bonds is 6. The van der Waals surface area contributed by atoms with Crippen LogP contribution in [-0.2, 0) is 4.79 Å². The lowest BCUT2D eigenvalue weighted by Gasteiger charge is -2.15. The summed E-state index contributed by atoms with van der Waals surface area (Å²) in [6.07, 6.45) is 0. The van der Waals surface area contributed by atoms with E-state index in [1.54, 1.807) is 19.2 Å². The molecule has 0 saturated carbocycles. The van der Waals surface area contributed by atoms with Gasteiger partial charge in [-0.25, -0.2) is 4.39 Å². The zero-order chi connectivity index (χ0) is 15.9. The first-order valence-corrected chi connectivity index (χ1v) is 6.91. The van der Waals surface area contributed by atoms with Crippen LogP contribution in [0.3, 0.4) is 0 Å². The summed E-state index contributed by atoms with van der Waals surface area (Å²) >= 11 is 0. The van der Waals surface area contributed by atoms with Crippen molar-refractivity contribution in [2.24, 2.45) is 0 Å². The monoisotopic (exact) mass is 303 g/mol. The molecule has 5 heteroatoms. The van der Waals surface area contributed by atoms with Crippen molar-refractivity contribution in [3.05, 3.63) is 59.9 Å². The fraction of sp³-hybridized carbons (Fsp3) is 0.235. The van der Waals surface area contributed by atoms with E-state index in [2.05, 4.69) is 5.32 Å². The lowest BCUT2D eigenvalue weighted by Crippen LogP contribution is -2.31. The van der Waals surface area contributed by atoms with Gasteiger partial charge in [-0.3, -0.25) is 4.79 Å². The van der Waals surface area contributed by atoms with E-state index in [0.717, 1.165) is 11.3 Å². The van der Waals surface area contributed by atoms with Gasteiger partial charge in [-0.05, 0) is 36.8 Å². The Hall–Kier alpha value is -2.56. The highest BCUT2D eigenvalue weighted by Crippen LogP contribution is 2.18. The average Bonchev–Trinajstić information content (AvgIpc) is 2.54. The number of hydrogen-bond donors (Lipinski definition) is 1. The molecule has 0 aromatic heterocycles. The molecule has 1 unspecified atom stereocenters. The van der Waals surface area contributed by atoms with Gasteiger partial charge in [0.2, 0.25) is 0 Å². The molecule has 2 rings (SSSR count). The summed E-state index contributed by atoms with van der Waals surface area (Å²) < 4.78 is 23.6. The lowest BCUT2D eigenvalue weighted by atomic mass is 10.1. The number of para-hydroxylation sites is 1. The summed E-state index contributed by atoms with van der Waals surface area (Å²) in [5.41, 5.74) is 0.944. The molecule has 0 aliphatic heterocycles. The second kappa shape index (κ2) is 7.45. The van der Waals surface area contributed by atoms with Crippen molar-refractivity contribution in [2.75, 3.05) is 13.7 Å². The van der Waals surface area contributed by atoms with Crippen LogP contribution >= 0.6 is 0 Å². The van der Waals surface area contributed by atoms with Gasteiger partial charge in [-0.1, -0.05) is 24.3 Å². The number of nitrogens with one attached hydrogen (secondary N) is 1. The highest BCUT2D eigenvalue weighted by atomic mass is 19.1. The molecule has 4 nitrogen and oxygen atoms in total. The summed E-state index contributed by atoms with van der Waals surface area (Å²) in [6.45, 7) is 1.63. The zero-order valence-corrected chi connectivity index (χ0v) is 12.5. The molecule has 1 amide bonds. The summed E-state index contributed by atoms with van der Waals surface area (Å²) in [6, 6.07) is 13.2. The van der Waals surface area contributed by atoms with Crippen LogP contribution < -0.4 is 14.8 Å². The average molecular weight is 303 g/mol. The molecule has 22 heavy (non-hydrogen) atoms. The van der Waals surface area contributed by atoms with Crippen LogP contribution in [0.25, 0.3) is 0 Å². The number of carbonyl (C=O) groups is 1. The van der Waals surface area contributed by atoms with Crippen LogP contribution in [-0.4, -0.2) is 19.6 Å². The van der Waals surface area contributed by atoms with E-state index < -0.39 is 5.82 Å². The number of methoxy groups -OCH3 is 1. The summed E-state index contributed by atoms with van der Waals surface area (Å²) in [4.78, 5) is 11.9. The fourth-order valence-corrected chi connectivity index (χ4v) is 1.96. The third-order valence-electron chi connectivity index (χ3n) is 3.19. The third kappa shape index (κ3) is 4.22. The number of ether oxygens (including phenoxy) is 2. The van der Waals surface area contributed by atoms with Crippen LogP contribution in [0.15, 0.2) is 48.5 Å². The van der Waals surface area contributed by atoms with E-state index in [4.69, 9.17) is 9.47 Å². The van der Waals surface area contributed by atoms with E-state index in [9.17, 15) is 9.18 Å². The largest absolute Gasteiger partial charge is 0.497 e. The van der Waals surface area contributed by atoms with Gasteiger partial charge in [-0.15, -0.1) is 0 Å². The summed E-state index contributed by atoms with van der Waals surface area (Å²) in [5, 5.41) is 2.80. The maximum atomic E-state index is 13.4. The maximum absolute atomic E-state index is 13.4. The third-order valence-corrected chi connectivity index (χ3v) is 3.19. The van der Waals surface area contributed by atoms with Crippen LogP contribution in [0.2, 0.25) is 0 Å². The molecule has 2 aromatic carbocycles.